The number of hydrogen-bond donors (Lipinski definition) is 1. The summed E-state index contributed by atoms with van der Waals surface area (Å²) in [6.07, 6.45) is 1.38. The zero-order valence-electron chi connectivity index (χ0n) is 9.80. The summed E-state index contributed by atoms with van der Waals surface area (Å²) in [5.41, 5.74) is -0.129. The van der Waals surface area contributed by atoms with Gasteiger partial charge in [-0.2, -0.15) is 4.98 Å². The van der Waals surface area contributed by atoms with Crippen LogP contribution in [0.15, 0.2) is 10.9 Å². The third kappa shape index (κ3) is 3.98. The number of aromatic nitrogens is 2. The minimum Gasteiger partial charge on any atom is -0.481 e. The summed E-state index contributed by atoms with van der Waals surface area (Å²) in [7, 11) is 0. The number of carbonyl (C=O) groups is 1. The molecule has 16 heavy (non-hydrogen) atoms. The van der Waals surface area contributed by atoms with Crippen LogP contribution in [0.5, 0.6) is 0 Å². The predicted octanol–water partition coefficient (Wildman–Crippen LogP) is 1.14. The van der Waals surface area contributed by atoms with Gasteiger partial charge in [0.05, 0.1) is 13.0 Å². The molecule has 0 fully saturated rings. The van der Waals surface area contributed by atoms with Gasteiger partial charge >= 0.3 is 5.97 Å². The number of rotatable bonds is 5. The molecule has 1 N–H and O–H groups in total. The maximum absolute atomic E-state index is 10.6. The van der Waals surface area contributed by atoms with Gasteiger partial charge in [0.1, 0.15) is 0 Å². The standard InChI is InChI=1S/C10H17N3O3/c1-10(2,3)13(5-4-9(14)15)6-8-11-7-16-12-8/h7H,4-6H2,1-3H3,(H,14,15). The molecule has 0 aliphatic rings. The fourth-order valence-electron chi connectivity index (χ4n) is 1.32. The fourth-order valence-corrected chi connectivity index (χ4v) is 1.32. The summed E-state index contributed by atoms with van der Waals surface area (Å²) in [5, 5.41) is 12.4. The van der Waals surface area contributed by atoms with E-state index in [1.54, 1.807) is 0 Å². The molecule has 0 saturated carbocycles. The van der Waals surface area contributed by atoms with Gasteiger partial charge in [-0.1, -0.05) is 5.16 Å². The van der Waals surface area contributed by atoms with Crippen LogP contribution in [0.1, 0.15) is 33.0 Å². The van der Waals surface area contributed by atoms with E-state index >= 15 is 0 Å². The average molecular weight is 227 g/mol. The van der Waals surface area contributed by atoms with E-state index in [4.69, 9.17) is 5.11 Å². The summed E-state index contributed by atoms with van der Waals surface area (Å²) < 4.78 is 4.65. The van der Waals surface area contributed by atoms with Gasteiger partial charge in [0.15, 0.2) is 5.82 Å². The number of aliphatic carboxylic acids is 1. The second-order valence-corrected chi connectivity index (χ2v) is 4.58. The molecule has 1 aromatic rings. The van der Waals surface area contributed by atoms with E-state index in [0.29, 0.717) is 18.9 Å². The molecule has 0 aliphatic carbocycles. The zero-order valence-corrected chi connectivity index (χ0v) is 9.80. The summed E-state index contributed by atoms with van der Waals surface area (Å²) in [5.74, 6) is -0.234. The molecule has 0 saturated heterocycles. The highest BCUT2D eigenvalue weighted by Crippen LogP contribution is 2.16. The van der Waals surface area contributed by atoms with Crippen molar-refractivity contribution < 1.29 is 14.4 Å². The maximum atomic E-state index is 10.6. The Balaban J connectivity index is 2.61. The Morgan fingerprint density at radius 2 is 2.25 bits per heavy atom. The van der Waals surface area contributed by atoms with Crippen LogP contribution in [0, 0.1) is 0 Å². The first-order valence-corrected chi connectivity index (χ1v) is 5.11. The SMILES string of the molecule is CC(C)(C)N(CCC(=O)O)Cc1ncon1. The molecule has 0 unspecified atom stereocenters. The fraction of sp³-hybridized carbons (Fsp3) is 0.700. The highest BCUT2D eigenvalue weighted by atomic mass is 16.5. The van der Waals surface area contributed by atoms with Crippen LogP contribution in [-0.4, -0.2) is 38.2 Å². The van der Waals surface area contributed by atoms with E-state index in [0.717, 1.165) is 0 Å². The van der Waals surface area contributed by atoms with Crippen LogP contribution in [0.3, 0.4) is 0 Å². The van der Waals surface area contributed by atoms with E-state index in [1.165, 1.54) is 6.39 Å². The van der Waals surface area contributed by atoms with Crippen molar-refractivity contribution in [3.8, 4) is 0 Å². The molecule has 0 aromatic carbocycles. The lowest BCUT2D eigenvalue weighted by Crippen LogP contribution is -2.42. The molecule has 1 rings (SSSR count). The van der Waals surface area contributed by atoms with E-state index < -0.39 is 5.97 Å². The van der Waals surface area contributed by atoms with E-state index in [2.05, 4.69) is 14.7 Å². The lowest BCUT2D eigenvalue weighted by molar-refractivity contribution is -0.137. The second kappa shape index (κ2) is 5.07. The third-order valence-electron chi connectivity index (χ3n) is 2.28. The Bertz CT molecular complexity index is 330. The Labute approximate surface area is 94.3 Å². The average Bonchev–Trinajstić information content (AvgIpc) is 2.62. The predicted molar refractivity (Wildman–Crippen MR) is 56.7 cm³/mol. The topological polar surface area (TPSA) is 79.5 Å². The molecule has 0 bridgehead atoms. The van der Waals surface area contributed by atoms with Gasteiger partial charge < -0.3 is 9.63 Å². The third-order valence-corrected chi connectivity index (χ3v) is 2.28. The number of carboxylic acid groups (broad SMARTS) is 1. The molecule has 0 amide bonds. The summed E-state index contributed by atoms with van der Waals surface area (Å²) in [6.45, 7) is 7.03. The monoisotopic (exact) mass is 227 g/mol. The summed E-state index contributed by atoms with van der Waals surface area (Å²) in [4.78, 5) is 16.5. The minimum atomic E-state index is -0.803. The smallest absolute Gasteiger partial charge is 0.304 e. The first-order chi connectivity index (χ1) is 7.39. The van der Waals surface area contributed by atoms with Gasteiger partial charge in [-0.3, -0.25) is 9.69 Å². The molecule has 90 valence electrons. The van der Waals surface area contributed by atoms with Crippen molar-refractivity contribution in [3.63, 3.8) is 0 Å². The molecular formula is C10H17N3O3. The van der Waals surface area contributed by atoms with E-state index in [-0.39, 0.29) is 12.0 Å². The second-order valence-electron chi connectivity index (χ2n) is 4.58. The Hall–Kier alpha value is -1.43. The molecule has 0 atom stereocenters. The maximum Gasteiger partial charge on any atom is 0.304 e. The van der Waals surface area contributed by atoms with Crippen molar-refractivity contribution in [1.82, 2.24) is 15.0 Å². The normalized spacial score (nSPS) is 12.0. The Morgan fingerprint density at radius 1 is 1.56 bits per heavy atom. The van der Waals surface area contributed by atoms with Gasteiger partial charge in [-0.15, -0.1) is 0 Å². The highest BCUT2D eigenvalue weighted by molar-refractivity contribution is 5.66. The molecule has 0 spiro atoms. The summed E-state index contributed by atoms with van der Waals surface area (Å²) >= 11 is 0. The molecule has 1 heterocycles. The highest BCUT2D eigenvalue weighted by Gasteiger charge is 2.23. The van der Waals surface area contributed by atoms with Crippen molar-refractivity contribution in [2.75, 3.05) is 6.54 Å². The minimum absolute atomic E-state index is 0.106. The van der Waals surface area contributed by atoms with Crippen LogP contribution >= 0.6 is 0 Å². The number of carboxylic acids is 1. The molecule has 1 aromatic heterocycles. The molecule has 6 nitrogen and oxygen atoms in total. The van der Waals surface area contributed by atoms with Crippen molar-refractivity contribution >= 4 is 5.97 Å². The first kappa shape index (κ1) is 12.6. The van der Waals surface area contributed by atoms with Crippen LogP contribution in [0.4, 0.5) is 0 Å². The largest absolute Gasteiger partial charge is 0.481 e. The first-order valence-electron chi connectivity index (χ1n) is 5.11. The van der Waals surface area contributed by atoms with Crippen LogP contribution in [0.25, 0.3) is 0 Å². The molecular weight excluding hydrogens is 210 g/mol. The molecule has 0 aliphatic heterocycles. The van der Waals surface area contributed by atoms with Crippen molar-refractivity contribution in [2.45, 2.75) is 39.3 Å². The zero-order chi connectivity index (χ0) is 12.2. The molecule has 0 radical (unpaired) electrons. The van der Waals surface area contributed by atoms with E-state index in [1.807, 2.05) is 25.7 Å². The van der Waals surface area contributed by atoms with Crippen molar-refractivity contribution in [3.05, 3.63) is 12.2 Å². The number of hydrogen-bond acceptors (Lipinski definition) is 5. The van der Waals surface area contributed by atoms with Crippen LogP contribution in [-0.2, 0) is 11.3 Å². The van der Waals surface area contributed by atoms with Gasteiger partial charge in [0, 0.05) is 12.1 Å². The van der Waals surface area contributed by atoms with Crippen molar-refractivity contribution in [2.24, 2.45) is 0 Å². The van der Waals surface area contributed by atoms with Gasteiger partial charge in [0.2, 0.25) is 6.39 Å². The van der Waals surface area contributed by atoms with Gasteiger partial charge in [0.25, 0.3) is 0 Å². The molecule has 6 heteroatoms. The van der Waals surface area contributed by atoms with E-state index in [9.17, 15) is 4.79 Å². The van der Waals surface area contributed by atoms with Gasteiger partial charge in [-0.05, 0) is 20.8 Å². The Morgan fingerprint density at radius 3 is 2.69 bits per heavy atom. The van der Waals surface area contributed by atoms with Gasteiger partial charge in [-0.25, -0.2) is 0 Å². The lowest BCUT2D eigenvalue weighted by Gasteiger charge is -2.34. The Kier molecular flexibility index (Phi) is 4.00. The van der Waals surface area contributed by atoms with Crippen molar-refractivity contribution in [1.29, 1.82) is 0 Å². The quantitative estimate of drug-likeness (QED) is 0.812. The van der Waals surface area contributed by atoms with Crippen LogP contribution < -0.4 is 0 Å². The summed E-state index contributed by atoms with van der Waals surface area (Å²) in [6, 6.07) is 0. The van der Waals surface area contributed by atoms with Crippen LogP contribution in [0.2, 0.25) is 0 Å². The lowest BCUT2D eigenvalue weighted by atomic mass is 10.1. The number of nitrogens with zero attached hydrogens (tertiary/aromatic N) is 3.